The van der Waals surface area contributed by atoms with Crippen molar-refractivity contribution in [3.63, 3.8) is 0 Å². The minimum Gasteiger partial charge on any atom is -0.497 e. The normalized spacial score (nSPS) is 11.1. The molecule has 0 aliphatic rings. The van der Waals surface area contributed by atoms with E-state index in [0.717, 1.165) is 34.0 Å². The predicted molar refractivity (Wildman–Crippen MR) is 108 cm³/mol. The molecular formula is C20H18N4O3S. The van der Waals surface area contributed by atoms with E-state index in [1.165, 1.54) is 17.8 Å². The third-order valence-corrected chi connectivity index (χ3v) is 5.38. The van der Waals surface area contributed by atoms with E-state index < -0.39 is 0 Å². The number of hydrogen-bond acceptors (Lipinski definition) is 7. The fourth-order valence-corrected chi connectivity index (χ4v) is 3.99. The summed E-state index contributed by atoms with van der Waals surface area (Å²) < 4.78 is 12.6. The van der Waals surface area contributed by atoms with Gasteiger partial charge in [-0.1, -0.05) is 11.8 Å². The van der Waals surface area contributed by atoms with E-state index in [0.29, 0.717) is 17.1 Å². The molecule has 0 N–H and O–H groups in total. The van der Waals surface area contributed by atoms with Gasteiger partial charge in [-0.2, -0.15) is 0 Å². The van der Waals surface area contributed by atoms with Crippen molar-refractivity contribution in [3.05, 3.63) is 64.8 Å². The number of nitrogens with zero attached hydrogens (tertiary/aromatic N) is 4. The average Bonchev–Trinajstić information content (AvgIpc) is 3.14. The van der Waals surface area contributed by atoms with Crippen LogP contribution in [0.1, 0.15) is 12.5 Å². The van der Waals surface area contributed by atoms with E-state index >= 15 is 0 Å². The fraction of sp³-hybridized carbons (Fsp3) is 0.200. The van der Waals surface area contributed by atoms with Crippen molar-refractivity contribution in [1.29, 1.82) is 0 Å². The number of benzene rings is 1. The fourth-order valence-electron chi connectivity index (χ4n) is 2.99. The molecule has 0 atom stereocenters. The molecule has 28 heavy (non-hydrogen) atoms. The molecule has 4 aromatic rings. The molecule has 0 fully saturated rings. The summed E-state index contributed by atoms with van der Waals surface area (Å²) in [6.07, 6.45) is 3.47. The van der Waals surface area contributed by atoms with Gasteiger partial charge >= 0.3 is 5.63 Å². The van der Waals surface area contributed by atoms with Crippen LogP contribution in [0.25, 0.3) is 22.4 Å². The van der Waals surface area contributed by atoms with Crippen molar-refractivity contribution in [2.45, 2.75) is 24.4 Å². The van der Waals surface area contributed by atoms with E-state index in [4.69, 9.17) is 9.15 Å². The number of ether oxygens (including phenoxy) is 1. The van der Waals surface area contributed by atoms with Gasteiger partial charge in [0.15, 0.2) is 11.0 Å². The standard InChI is InChI=1S/C20H18N4O3S/c1-3-24-19(13-6-8-21-9-7-13)22-23-20(24)28-12-14-10-18(25)27-17-11-15(26-2)4-5-16(14)17/h4-11H,3,12H2,1-2H3. The van der Waals surface area contributed by atoms with Crippen LogP contribution in [0.2, 0.25) is 0 Å². The number of aromatic nitrogens is 4. The number of fused-ring (bicyclic) bond motifs is 1. The first-order valence-electron chi connectivity index (χ1n) is 8.76. The predicted octanol–water partition coefficient (Wildman–Crippen LogP) is 3.77. The smallest absolute Gasteiger partial charge is 0.336 e. The van der Waals surface area contributed by atoms with Gasteiger partial charge in [0.1, 0.15) is 11.3 Å². The van der Waals surface area contributed by atoms with Crippen LogP contribution in [0, 0.1) is 0 Å². The zero-order valence-electron chi connectivity index (χ0n) is 15.5. The van der Waals surface area contributed by atoms with Crippen LogP contribution in [0.5, 0.6) is 5.75 Å². The average molecular weight is 394 g/mol. The maximum atomic E-state index is 12.0. The summed E-state index contributed by atoms with van der Waals surface area (Å²) in [6, 6.07) is 10.8. The summed E-state index contributed by atoms with van der Waals surface area (Å²) >= 11 is 1.54. The molecule has 0 unspecified atom stereocenters. The van der Waals surface area contributed by atoms with Crippen LogP contribution in [0.3, 0.4) is 0 Å². The van der Waals surface area contributed by atoms with Crippen LogP contribution in [0.4, 0.5) is 0 Å². The first-order valence-corrected chi connectivity index (χ1v) is 9.75. The monoisotopic (exact) mass is 394 g/mol. The second kappa shape index (κ2) is 7.85. The molecule has 0 bridgehead atoms. The summed E-state index contributed by atoms with van der Waals surface area (Å²) in [7, 11) is 1.58. The third-order valence-electron chi connectivity index (χ3n) is 4.37. The maximum absolute atomic E-state index is 12.0. The zero-order valence-corrected chi connectivity index (χ0v) is 16.3. The van der Waals surface area contributed by atoms with Gasteiger partial charge in [0.05, 0.1) is 7.11 Å². The van der Waals surface area contributed by atoms with E-state index in [1.807, 2.05) is 24.3 Å². The van der Waals surface area contributed by atoms with Gasteiger partial charge < -0.3 is 13.7 Å². The lowest BCUT2D eigenvalue weighted by molar-refractivity contribution is 0.414. The lowest BCUT2D eigenvalue weighted by atomic mass is 10.1. The van der Waals surface area contributed by atoms with Crippen molar-refractivity contribution in [2.75, 3.05) is 7.11 Å². The van der Waals surface area contributed by atoms with Gasteiger partial charge in [-0.25, -0.2) is 4.79 Å². The van der Waals surface area contributed by atoms with Gasteiger partial charge in [0, 0.05) is 47.8 Å². The highest BCUT2D eigenvalue weighted by Gasteiger charge is 2.14. The van der Waals surface area contributed by atoms with Crippen LogP contribution in [-0.4, -0.2) is 26.9 Å². The Morgan fingerprint density at radius 1 is 1.14 bits per heavy atom. The van der Waals surface area contributed by atoms with Crippen molar-refractivity contribution in [3.8, 4) is 17.1 Å². The summed E-state index contributed by atoms with van der Waals surface area (Å²) in [5.74, 6) is 2.02. The lowest BCUT2D eigenvalue weighted by Crippen LogP contribution is -2.02. The van der Waals surface area contributed by atoms with Crippen molar-refractivity contribution < 1.29 is 9.15 Å². The maximum Gasteiger partial charge on any atom is 0.336 e. The Morgan fingerprint density at radius 2 is 1.96 bits per heavy atom. The molecule has 0 aliphatic heterocycles. The molecule has 8 heteroatoms. The minimum atomic E-state index is -0.384. The third kappa shape index (κ3) is 3.50. The summed E-state index contributed by atoms with van der Waals surface area (Å²) in [5.41, 5.74) is 1.98. The number of pyridine rings is 1. The Bertz CT molecular complexity index is 1170. The second-order valence-corrected chi connectivity index (χ2v) is 6.97. The quantitative estimate of drug-likeness (QED) is 0.364. The number of hydrogen-bond donors (Lipinski definition) is 0. The second-order valence-electron chi connectivity index (χ2n) is 6.03. The molecular weight excluding hydrogens is 376 g/mol. The Labute approximate surface area is 165 Å². The van der Waals surface area contributed by atoms with E-state index in [2.05, 4.69) is 26.7 Å². The zero-order chi connectivity index (χ0) is 19.5. The molecule has 4 rings (SSSR count). The molecule has 0 amide bonds. The highest BCUT2D eigenvalue weighted by Crippen LogP contribution is 2.29. The van der Waals surface area contributed by atoms with Gasteiger partial charge in [-0.3, -0.25) is 4.98 Å². The van der Waals surface area contributed by atoms with E-state index in [1.54, 1.807) is 25.6 Å². The molecule has 1 aromatic carbocycles. The molecule has 0 saturated carbocycles. The summed E-state index contributed by atoms with van der Waals surface area (Å²) in [5, 5.41) is 10.4. The van der Waals surface area contributed by atoms with Crippen LogP contribution < -0.4 is 10.4 Å². The van der Waals surface area contributed by atoms with Gasteiger partial charge in [0.25, 0.3) is 0 Å². The molecule has 0 radical (unpaired) electrons. The largest absolute Gasteiger partial charge is 0.497 e. The Kier molecular flexibility index (Phi) is 5.12. The molecule has 3 heterocycles. The number of rotatable bonds is 6. The lowest BCUT2D eigenvalue weighted by Gasteiger charge is -2.09. The van der Waals surface area contributed by atoms with Gasteiger partial charge in [-0.15, -0.1) is 10.2 Å². The van der Waals surface area contributed by atoms with E-state index in [-0.39, 0.29) is 5.63 Å². The molecule has 0 aliphatic carbocycles. The number of thioether (sulfide) groups is 1. The molecule has 142 valence electrons. The summed E-state index contributed by atoms with van der Waals surface area (Å²) in [4.78, 5) is 16.0. The molecule has 0 spiro atoms. The number of methoxy groups -OCH3 is 1. The van der Waals surface area contributed by atoms with Crippen LogP contribution >= 0.6 is 11.8 Å². The van der Waals surface area contributed by atoms with E-state index in [9.17, 15) is 4.79 Å². The first-order chi connectivity index (χ1) is 13.7. The minimum absolute atomic E-state index is 0.384. The Hall–Kier alpha value is -3.13. The summed E-state index contributed by atoms with van der Waals surface area (Å²) in [6.45, 7) is 2.79. The Morgan fingerprint density at radius 3 is 2.71 bits per heavy atom. The van der Waals surface area contributed by atoms with Gasteiger partial charge in [-0.05, 0) is 36.8 Å². The highest BCUT2D eigenvalue weighted by molar-refractivity contribution is 7.98. The Balaban J connectivity index is 1.65. The molecule has 0 saturated heterocycles. The van der Waals surface area contributed by atoms with Crippen molar-refractivity contribution in [2.24, 2.45) is 0 Å². The topological polar surface area (TPSA) is 83.0 Å². The van der Waals surface area contributed by atoms with Crippen molar-refractivity contribution >= 4 is 22.7 Å². The highest BCUT2D eigenvalue weighted by atomic mass is 32.2. The first kappa shape index (κ1) is 18.2. The van der Waals surface area contributed by atoms with Crippen LogP contribution in [-0.2, 0) is 12.3 Å². The SMILES string of the molecule is CCn1c(SCc2cc(=O)oc3cc(OC)ccc23)nnc1-c1ccncc1. The molecule has 7 nitrogen and oxygen atoms in total. The van der Waals surface area contributed by atoms with Crippen molar-refractivity contribution in [1.82, 2.24) is 19.7 Å². The van der Waals surface area contributed by atoms with Crippen LogP contribution in [0.15, 0.2) is 63.2 Å². The molecule has 3 aromatic heterocycles. The van der Waals surface area contributed by atoms with Gasteiger partial charge in [0.2, 0.25) is 0 Å².